The van der Waals surface area contributed by atoms with Crippen molar-refractivity contribution in [3.8, 4) is 0 Å². The number of carbonyl (C=O) groups excluding carboxylic acids is 3. The standard InChI is InChI=1S/C11H16O7S/c1-5(12)16-8-4-19-11(15)10(18-7(3)14)9(8)17-6(2)13/h8-11,15H,4H2,1-3H3/t8-,9+,10-,11-/m1/s1. The van der Waals surface area contributed by atoms with Gasteiger partial charge in [-0.3, -0.25) is 14.4 Å². The molecule has 0 radical (unpaired) electrons. The summed E-state index contributed by atoms with van der Waals surface area (Å²) in [4.78, 5) is 33.1. The van der Waals surface area contributed by atoms with E-state index in [2.05, 4.69) is 0 Å². The normalized spacial score (nSPS) is 30.3. The fourth-order valence-electron chi connectivity index (χ4n) is 1.72. The summed E-state index contributed by atoms with van der Waals surface area (Å²) in [6.45, 7) is 3.59. The van der Waals surface area contributed by atoms with Crippen molar-refractivity contribution in [2.45, 2.75) is 44.5 Å². The Labute approximate surface area is 114 Å². The average molecular weight is 292 g/mol. The van der Waals surface area contributed by atoms with Crippen LogP contribution in [0.4, 0.5) is 0 Å². The lowest BCUT2D eigenvalue weighted by atomic mass is 10.1. The molecule has 0 aromatic carbocycles. The van der Waals surface area contributed by atoms with Crippen molar-refractivity contribution in [3.05, 3.63) is 0 Å². The third-order valence-electron chi connectivity index (χ3n) is 2.32. The van der Waals surface area contributed by atoms with E-state index in [-0.39, 0.29) is 5.75 Å². The van der Waals surface area contributed by atoms with Gasteiger partial charge in [0, 0.05) is 26.5 Å². The molecule has 1 heterocycles. The number of hydrogen-bond donors (Lipinski definition) is 1. The Hall–Kier alpha value is -1.28. The summed E-state index contributed by atoms with van der Waals surface area (Å²) in [5.74, 6) is -1.53. The number of hydrogen-bond acceptors (Lipinski definition) is 8. The lowest BCUT2D eigenvalue weighted by Gasteiger charge is -2.38. The molecule has 8 heteroatoms. The molecular formula is C11H16O7S. The van der Waals surface area contributed by atoms with Crippen molar-refractivity contribution in [1.82, 2.24) is 0 Å². The maximum atomic E-state index is 11.1. The highest BCUT2D eigenvalue weighted by Gasteiger charge is 2.45. The van der Waals surface area contributed by atoms with Gasteiger partial charge in [0.05, 0.1) is 0 Å². The largest absolute Gasteiger partial charge is 0.458 e. The minimum absolute atomic E-state index is 0.246. The van der Waals surface area contributed by atoms with Gasteiger partial charge in [0.1, 0.15) is 5.44 Å². The van der Waals surface area contributed by atoms with Gasteiger partial charge < -0.3 is 19.3 Å². The Morgan fingerprint density at radius 2 is 1.42 bits per heavy atom. The molecule has 108 valence electrons. The summed E-state index contributed by atoms with van der Waals surface area (Å²) < 4.78 is 15.0. The van der Waals surface area contributed by atoms with Crippen molar-refractivity contribution in [2.24, 2.45) is 0 Å². The Morgan fingerprint density at radius 3 is 1.89 bits per heavy atom. The molecule has 0 amide bonds. The molecule has 7 nitrogen and oxygen atoms in total. The molecule has 0 bridgehead atoms. The lowest BCUT2D eigenvalue weighted by Crippen LogP contribution is -2.54. The fourth-order valence-corrected chi connectivity index (χ4v) is 2.77. The Balaban J connectivity index is 2.89. The Bertz CT molecular complexity index is 370. The Kier molecular flexibility index (Phi) is 5.61. The third-order valence-corrected chi connectivity index (χ3v) is 3.45. The number of thioether (sulfide) groups is 1. The summed E-state index contributed by atoms with van der Waals surface area (Å²) in [6, 6.07) is 0. The second-order valence-electron chi connectivity index (χ2n) is 4.02. The van der Waals surface area contributed by atoms with E-state index in [1.54, 1.807) is 0 Å². The first-order valence-corrected chi connectivity index (χ1v) is 6.67. The van der Waals surface area contributed by atoms with Crippen molar-refractivity contribution >= 4 is 29.7 Å². The number of aliphatic hydroxyl groups is 1. The minimum atomic E-state index is -1.07. The molecule has 0 aromatic rings. The number of ether oxygens (including phenoxy) is 3. The van der Waals surface area contributed by atoms with Crippen LogP contribution in [0.25, 0.3) is 0 Å². The molecule has 4 atom stereocenters. The quantitative estimate of drug-likeness (QED) is 0.566. The van der Waals surface area contributed by atoms with Gasteiger partial charge in [0.2, 0.25) is 0 Å². The second-order valence-corrected chi connectivity index (χ2v) is 5.17. The van der Waals surface area contributed by atoms with E-state index in [0.717, 1.165) is 11.8 Å². The maximum Gasteiger partial charge on any atom is 0.303 e. The fraction of sp³-hybridized carbons (Fsp3) is 0.727. The van der Waals surface area contributed by atoms with Gasteiger partial charge in [-0.05, 0) is 0 Å². The van der Waals surface area contributed by atoms with Crippen molar-refractivity contribution in [1.29, 1.82) is 0 Å². The predicted octanol–water partition coefficient (Wildman–Crippen LogP) is -0.153. The van der Waals surface area contributed by atoms with Crippen molar-refractivity contribution in [2.75, 3.05) is 5.75 Å². The van der Waals surface area contributed by atoms with Gasteiger partial charge in [-0.25, -0.2) is 0 Å². The van der Waals surface area contributed by atoms with E-state index in [9.17, 15) is 19.5 Å². The molecule has 1 rings (SSSR count). The van der Waals surface area contributed by atoms with E-state index < -0.39 is 41.7 Å². The second kappa shape index (κ2) is 6.76. The molecule has 1 N–H and O–H groups in total. The van der Waals surface area contributed by atoms with Crippen LogP contribution >= 0.6 is 11.8 Å². The molecule has 0 aromatic heterocycles. The van der Waals surface area contributed by atoms with Gasteiger partial charge in [-0.1, -0.05) is 0 Å². The molecule has 1 aliphatic rings. The van der Waals surface area contributed by atoms with Crippen LogP contribution in [0.2, 0.25) is 0 Å². The SMILES string of the molecule is CC(=O)O[C@@H]1[C@@H](OC(C)=O)[C@H](OC(C)=O)CS[C@H]1O. The van der Waals surface area contributed by atoms with Gasteiger partial charge in [-0.15, -0.1) is 11.8 Å². The van der Waals surface area contributed by atoms with Crippen LogP contribution in [0.3, 0.4) is 0 Å². The van der Waals surface area contributed by atoms with Crippen LogP contribution in [0.1, 0.15) is 20.8 Å². The topological polar surface area (TPSA) is 99.1 Å². The zero-order valence-electron chi connectivity index (χ0n) is 10.8. The molecule has 0 spiro atoms. The zero-order valence-corrected chi connectivity index (χ0v) is 11.6. The predicted molar refractivity (Wildman–Crippen MR) is 65.1 cm³/mol. The van der Waals surface area contributed by atoms with E-state index in [1.165, 1.54) is 20.8 Å². The summed E-state index contributed by atoms with van der Waals surface area (Å²) in [5, 5.41) is 9.81. The first kappa shape index (κ1) is 15.8. The zero-order chi connectivity index (χ0) is 14.6. The molecule has 0 aliphatic carbocycles. The summed E-state index contributed by atoms with van der Waals surface area (Å²) >= 11 is 1.06. The van der Waals surface area contributed by atoms with Crippen molar-refractivity contribution in [3.63, 3.8) is 0 Å². The molecule has 19 heavy (non-hydrogen) atoms. The average Bonchev–Trinajstić information content (AvgIpc) is 2.25. The summed E-state index contributed by atoms with van der Waals surface area (Å²) in [5.41, 5.74) is -1.04. The van der Waals surface area contributed by atoms with Crippen LogP contribution in [-0.4, -0.2) is 52.5 Å². The Morgan fingerprint density at radius 1 is 0.947 bits per heavy atom. The highest BCUT2D eigenvalue weighted by atomic mass is 32.2. The van der Waals surface area contributed by atoms with Crippen LogP contribution < -0.4 is 0 Å². The monoisotopic (exact) mass is 292 g/mol. The number of esters is 3. The number of aliphatic hydroxyl groups excluding tert-OH is 1. The highest BCUT2D eigenvalue weighted by Crippen LogP contribution is 2.30. The van der Waals surface area contributed by atoms with E-state index >= 15 is 0 Å². The highest BCUT2D eigenvalue weighted by molar-refractivity contribution is 7.99. The maximum absolute atomic E-state index is 11.1. The summed E-state index contributed by atoms with van der Waals surface area (Å²) in [6.07, 6.45) is -2.84. The van der Waals surface area contributed by atoms with E-state index in [4.69, 9.17) is 14.2 Å². The lowest BCUT2D eigenvalue weighted by molar-refractivity contribution is -0.187. The first-order valence-electron chi connectivity index (χ1n) is 5.62. The first-order chi connectivity index (χ1) is 8.81. The molecule has 1 saturated heterocycles. The van der Waals surface area contributed by atoms with Crippen molar-refractivity contribution < 1.29 is 33.7 Å². The van der Waals surface area contributed by atoms with Gasteiger partial charge in [-0.2, -0.15) is 0 Å². The van der Waals surface area contributed by atoms with Crippen LogP contribution in [0, 0.1) is 0 Å². The van der Waals surface area contributed by atoms with Crippen LogP contribution in [-0.2, 0) is 28.6 Å². The number of carbonyl (C=O) groups is 3. The molecular weight excluding hydrogens is 276 g/mol. The van der Waals surface area contributed by atoms with Gasteiger partial charge >= 0.3 is 17.9 Å². The van der Waals surface area contributed by atoms with Crippen LogP contribution in [0.15, 0.2) is 0 Å². The molecule has 1 aliphatic heterocycles. The summed E-state index contributed by atoms with van der Waals surface area (Å²) in [7, 11) is 0. The van der Waals surface area contributed by atoms with Gasteiger partial charge in [0.25, 0.3) is 0 Å². The molecule has 0 saturated carbocycles. The minimum Gasteiger partial charge on any atom is -0.458 e. The van der Waals surface area contributed by atoms with Gasteiger partial charge in [0.15, 0.2) is 18.3 Å². The molecule has 1 fully saturated rings. The van der Waals surface area contributed by atoms with E-state index in [0.29, 0.717) is 0 Å². The number of rotatable bonds is 3. The van der Waals surface area contributed by atoms with E-state index in [1.807, 2.05) is 0 Å². The molecule has 0 unspecified atom stereocenters. The third kappa shape index (κ3) is 4.71. The van der Waals surface area contributed by atoms with Crippen LogP contribution in [0.5, 0.6) is 0 Å². The smallest absolute Gasteiger partial charge is 0.303 e.